The number of carbonyl (C=O) groups is 1. The summed E-state index contributed by atoms with van der Waals surface area (Å²) in [6, 6.07) is 13.4. The third-order valence-electron chi connectivity index (χ3n) is 6.32. The van der Waals surface area contributed by atoms with Crippen LogP contribution >= 0.6 is 0 Å². The van der Waals surface area contributed by atoms with E-state index in [9.17, 15) is 15.0 Å². The molecule has 1 amide bonds. The van der Waals surface area contributed by atoms with Gasteiger partial charge >= 0.3 is 0 Å². The van der Waals surface area contributed by atoms with Crippen molar-refractivity contribution < 1.29 is 19.7 Å². The van der Waals surface area contributed by atoms with Crippen molar-refractivity contribution >= 4 is 5.91 Å². The molecule has 5 atom stereocenters. The van der Waals surface area contributed by atoms with E-state index in [2.05, 4.69) is 10.9 Å². The van der Waals surface area contributed by atoms with Crippen LogP contribution < -0.4 is 10.9 Å². The van der Waals surface area contributed by atoms with Crippen molar-refractivity contribution in [1.82, 2.24) is 15.8 Å². The monoisotopic (exact) mass is 395 g/mol. The number of nitrogens with zero attached hydrogens (tertiary/aromatic N) is 1. The van der Waals surface area contributed by atoms with Crippen LogP contribution in [0.3, 0.4) is 0 Å². The molecule has 0 spiro atoms. The fourth-order valence-corrected chi connectivity index (χ4v) is 5.04. The van der Waals surface area contributed by atoms with Gasteiger partial charge in [-0.2, -0.15) is 0 Å². The van der Waals surface area contributed by atoms with Gasteiger partial charge in [-0.05, 0) is 36.6 Å². The second-order valence-electron chi connectivity index (χ2n) is 8.05. The molecule has 7 nitrogen and oxygen atoms in total. The van der Waals surface area contributed by atoms with Gasteiger partial charge in [0.2, 0.25) is 5.91 Å². The molecule has 0 saturated carbocycles. The molecule has 0 aliphatic carbocycles. The Bertz CT molecular complexity index is 914. The molecule has 3 aliphatic heterocycles. The number of fused-ring (bicyclic) bond motifs is 1. The lowest BCUT2D eigenvalue weighted by molar-refractivity contribution is -0.132. The molecular weight excluding hydrogens is 370 g/mol. The zero-order valence-electron chi connectivity index (χ0n) is 16.0. The van der Waals surface area contributed by atoms with Crippen LogP contribution in [0, 0.1) is 5.92 Å². The largest absolute Gasteiger partial charge is 0.508 e. The number of phenols is 2. The number of hydrogen-bond donors (Lipinski definition) is 4. The second-order valence-corrected chi connectivity index (χ2v) is 8.05. The number of ether oxygens (including phenoxy) is 1. The number of nitrogens with one attached hydrogen (secondary N) is 2. The molecule has 0 bridgehead atoms. The van der Waals surface area contributed by atoms with E-state index < -0.39 is 6.04 Å². The lowest BCUT2D eigenvalue weighted by atomic mass is 9.83. The van der Waals surface area contributed by atoms with Gasteiger partial charge in [-0.25, -0.2) is 10.9 Å². The van der Waals surface area contributed by atoms with Gasteiger partial charge in [-0.3, -0.25) is 4.79 Å². The Kier molecular flexibility index (Phi) is 4.66. The molecule has 5 unspecified atom stereocenters. The summed E-state index contributed by atoms with van der Waals surface area (Å²) in [6.07, 6.45) is 1.99. The lowest BCUT2D eigenvalue weighted by Gasteiger charge is -2.32. The van der Waals surface area contributed by atoms with Crippen LogP contribution in [0.5, 0.6) is 11.5 Å². The number of benzene rings is 2. The smallest absolute Gasteiger partial charge is 0.242 e. The van der Waals surface area contributed by atoms with Gasteiger partial charge in [0.05, 0.1) is 18.2 Å². The summed E-state index contributed by atoms with van der Waals surface area (Å²) in [5.74, 6) is 0.254. The number of carbonyl (C=O) groups excluding carboxylic acids is 1. The maximum absolute atomic E-state index is 13.3. The molecule has 5 rings (SSSR count). The van der Waals surface area contributed by atoms with Gasteiger partial charge in [-0.15, -0.1) is 0 Å². The van der Waals surface area contributed by atoms with Gasteiger partial charge in [0, 0.05) is 24.6 Å². The number of phenolic OH excluding ortho intramolecular Hbond substituents is 2. The van der Waals surface area contributed by atoms with Crippen LogP contribution in [0.25, 0.3) is 0 Å². The highest BCUT2D eigenvalue weighted by molar-refractivity contribution is 5.86. The molecule has 3 aliphatic rings. The quantitative estimate of drug-likeness (QED) is 0.633. The first kappa shape index (κ1) is 18.4. The standard InChI is InChI=1S/C22H25N3O4/c26-14-6-3-5-13(11-14)21-18-19(16-8-1-2-9-17(16)27)23-24-20(18)22(28)25(21)12-15-7-4-10-29-15/h1-3,5-6,8-9,11,15,18-21,23-24,26-27H,4,7,10,12H2. The Hall–Kier alpha value is -2.61. The maximum atomic E-state index is 13.3. The number of para-hydroxylation sites is 1. The number of hydrogen-bond acceptors (Lipinski definition) is 6. The zero-order chi connectivity index (χ0) is 20.0. The minimum absolute atomic E-state index is 0.0178. The number of amides is 1. The van der Waals surface area contributed by atoms with E-state index in [0.29, 0.717) is 6.54 Å². The molecule has 3 saturated heterocycles. The fraction of sp³-hybridized carbons (Fsp3) is 0.409. The number of likely N-dealkylation sites (tertiary alicyclic amines) is 1. The summed E-state index contributed by atoms with van der Waals surface area (Å²) in [7, 11) is 0. The highest BCUT2D eigenvalue weighted by Gasteiger charge is 2.56. The Morgan fingerprint density at radius 1 is 1.07 bits per heavy atom. The zero-order valence-corrected chi connectivity index (χ0v) is 16.0. The first-order valence-electron chi connectivity index (χ1n) is 10.1. The second kappa shape index (κ2) is 7.33. The summed E-state index contributed by atoms with van der Waals surface area (Å²) >= 11 is 0. The molecule has 3 heterocycles. The van der Waals surface area contributed by atoms with Crippen LogP contribution in [0.2, 0.25) is 0 Å². The average molecular weight is 395 g/mol. The Balaban J connectivity index is 1.56. The van der Waals surface area contributed by atoms with Crippen molar-refractivity contribution in [1.29, 1.82) is 0 Å². The van der Waals surface area contributed by atoms with E-state index in [4.69, 9.17) is 4.74 Å². The molecule has 29 heavy (non-hydrogen) atoms. The van der Waals surface area contributed by atoms with Crippen LogP contribution in [0.1, 0.15) is 36.1 Å². The predicted octanol–water partition coefficient (Wildman–Crippen LogP) is 1.99. The van der Waals surface area contributed by atoms with Gasteiger partial charge < -0.3 is 19.8 Å². The van der Waals surface area contributed by atoms with Crippen molar-refractivity contribution in [3.8, 4) is 11.5 Å². The molecule has 4 N–H and O–H groups in total. The minimum Gasteiger partial charge on any atom is -0.508 e. The van der Waals surface area contributed by atoms with E-state index in [-0.39, 0.29) is 41.5 Å². The molecule has 2 aromatic carbocycles. The van der Waals surface area contributed by atoms with Gasteiger partial charge in [0.1, 0.15) is 17.5 Å². The van der Waals surface area contributed by atoms with E-state index >= 15 is 0 Å². The van der Waals surface area contributed by atoms with Crippen molar-refractivity contribution in [3.63, 3.8) is 0 Å². The highest BCUT2D eigenvalue weighted by atomic mass is 16.5. The van der Waals surface area contributed by atoms with Gasteiger partial charge in [-0.1, -0.05) is 30.3 Å². The number of hydrazine groups is 1. The molecule has 0 aromatic heterocycles. The van der Waals surface area contributed by atoms with E-state index in [0.717, 1.165) is 30.6 Å². The maximum Gasteiger partial charge on any atom is 0.242 e. The van der Waals surface area contributed by atoms with E-state index in [1.807, 2.05) is 23.1 Å². The predicted molar refractivity (Wildman–Crippen MR) is 106 cm³/mol. The first-order chi connectivity index (χ1) is 14.1. The normalized spacial score (nSPS) is 31.4. The summed E-state index contributed by atoms with van der Waals surface area (Å²) in [5, 5.41) is 20.5. The van der Waals surface area contributed by atoms with Crippen LogP contribution in [-0.2, 0) is 9.53 Å². The molecular formula is C22H25N3O4. The van der Waals surface area contributed by atoms with Gasteiger partial charge in [0.15, 0.2) is 0 Å². The van der Waals surface area contributed by atoms with Crippen LogP contribution in [0.15, 0.2) is 48.5 Å². The molecule has 7 heteroatoms. The Morgan fingerprint density at radius 3 is 2.66 bits per heavy atom. The summed E-state index contributed by atoms with van der Waals surface area (Å²) in [5.41, 5.74) is 8.02. The number of rotatable bonds is 4. The Labute approximate surface area is 169 Å². The third-order valence-corrected chi connectivity index (χ3v) is 6.32. The molecule has 2 aromatic rings. The number of aromatic hydroxyl groups is 2. The molecule has 3 fully saturated rings. The van der Waals surface area contributed by atoms with Crippen molar-refractivity contribution in [3.05, 3.63) is 59.7 Å². The lowest BCUT2D eigenvalue weighted by Crippen LogP contribution is -2.43. The van der Waals surface area contributed by atoms with E-state index in [1.165, 1.54) is 0 Å². The summed E-state index contributed by atoms with van der Waals surface area (Å²) in [4.78, 5) is 15.2. The summed E-state index contributed by atoms with van der Waals surface area (Å²) < 4.78 is 5.80. The minimum atomic E-state index is -0.409. The third kappa shape index (κ3) is 3.15. The van der Waals surface area contributed by atoms with Crippen LogP contribution in [-0.4, -0.2) is 46.3 Å². The fourth-order valence-electron chi connectivity index (χ4n) is 5.04. The van der Waals surface area contributed by atoms with Crippen molar-refractivity contribution in [2.75, 3.05) is 13.2 Å². The van der Waals surface area contributed by atoms with Crippen molar-refractivity contribution in [2.45, 2.75) is 37.1 Å². The molecule has 0 radical (unpaired) electrons. The molecule has 152 valence electrons. The SMILES string of the molecule is O=C1C2NNC(c3ccccc3O)C2C(c2cccc(O)c2)N1CC1CCCO1. The Morgan fingerprint density at radius 2 is 1.90 bits per heavy atom. The summed E-state index contributed by atoms with van der Waals surface area (Å²) in [6.45, 7) is 1.26. The first-order valence-corrected chi connectivity index (χ1v) is 10.1. The topological polar surface area (TPSA) is 94.1 Å². The van der Waals surface area contributed by atoms with E-state index in [1.54, 1.807) is 30.3 Å². The van der Waals surface area contributed by atoms with Gasteiger partial charge in [0.25, 0.3) is 0 Å². The van der Waals surface area contributed by atoms with Crippen molar-refractivity contribution in [2.24, 2.45) is 5.92 Å². The average Bonchev–Trinajstić information content (AvgIpc) is 3.42. The van der Waals surface area contributed by atoms with Crippen LogP contribution in [0.4, 0.5) is 0 Å². The highest BCUT2D eigenvalue weighted by Crippen LogP contribution is 2.49.